The van der Waals surface area contributed by atoms with E-state index in [0.29, 0.717) is 4.83 Å². The summed E-state index contributed by atoms with van der Waals surface area (Å²) in [5, 5.41) is 0.213. The summed E-state index contributed by atoms with van der Waals surface area (Å²) in [6.45, 7) is 2.14. The molecule has 0 aliphatic heterocycles. The highest BCUT2D eigenvalue weighted by molar-refractivity contribution is 9.09. The molecule has 0 bridgehead atoms. The standard InChI is InChI=1S/C11H13BrClF/c1-2-9(12)5-3-8-4-6-11(14)10(13)7-8/h4,6-7,9H,2-3,5H2,1H3. The molecule has 3 heteroatoms. The van der Waals surface area contributed by atoms with Crippen molar-refractivity contribution in [2.45, 2.75) is 31.0 Å². The highest BCUT2D eigenvalue weighted by Gasteiger charge is 2.04. The number of rotatable bonds is 4. The topological polar surface area (TPSA) is 0 Å². The van der Waals surface area contributed by atoms with Gasteiger partial charge in [0.15, 0.2) is 0 Å². The van der Waals surface area contributed by atoms with E-state index in [9.17, 15) is 4.39 Å². The predicted octanol–water partition coefficient (Wildman–Crippen LogP) is 4.59. The SMILES string of the molecule is CCC(Br)CCc1ccc(F)c(Cl)c1. The van der Waals surface area contributed by atoms with Gasteiger partial charge in [0.05, 0.1) is 5.02 Å². The van der Waals surface area contributed by atoms with Crippen molar-refractivity contribution in [2.75, 3.05) is 0 Å². The van der Waals surface area contributed by atoms with Gasteiger partial charge in [0, 0.05) is 4.83 Å². The van der Waals surface area contributed by atoms with E-state index in [0.717, 1.165) is 24.8 Å². The molecule has 1 aromatic carbocycles. The largest absolute Gasteiger partial charge is 0.205 e. The zero-order valence-corrected chi connectivity index (χ0v) is 10.4. The molecule has 1 atom stereocenters. The van der Waals surface area contributed by atoms with E-state index in [1.807, 2.05) is 0 Å². The van der Waals surface area contributed by atoms with Crippen molar-refractivity contribution in [1.29, 1.82) is 0 Å². The van der Waals surface area contributed by atoms with E-state index < -0.39 is 0 Å². The normalized spacial score (nSPS) is 12.9. The van der Waals surface area contributed by atoms with Crippen molar-refractivity contribution in [3.05, 3.63) is 34.6 Å². The van der Waals surface area contributed by atoms with Gasteiger partial charge in [-0.2, -0.15) is 0 Å². The van der Waals surface area contributed by atoms with Crippen LogP contribution in [-0.2, 0) is 6.42 Å². The summed E-state index contributed by atoms with van der Waals surface area (Å²) in [6, 6.07) is 4.91. The lowest BCUT2D eigenvalue weighted by molar-refractivity contribution is 0.627. The van der Waals surface area contributed by atoms with Crippen LogP contribution in [0.1, 0.15) is 25.3 Å². The third-order valence-electron chi connectivity index (χ3n) is 2.17. The highest BCUT2D eigenvalue weighted by Crippen LogP contribution is 2.19. The monoisotopic (exact) mass is 278 g/mol. The number of halogens is 3. The summed E-state index contributed by atoms with van der Waals surface area (Å²) in [6.07, 6.45) is 3.09. The molecule has 1 rings (SSSR count). The molecule has 0 nitrogen and oxygen atoms in total. The van der Waals surface area contributed by atoms with Crippen LogP contribution in [0.4, 0.5) is 4.39 Å². The highest BCUT2D eigenvalue weighted by atomic mass is 79.9. The molecule has 0 N–H and O–H groups in total. The summed E-state index contributed by atoms with van der Waals surface area (Å²) in [5.41, 5.74) is 1.09. The van der Waals surface area contributed by atoms with Gasteiger partial charge >= 0.3 is 0 Å². The van der Waals surface area contributed by atoms with Gasteiger partial charge in [-0.25, -0.2) is 4.39 Å². The first-order chi connectivity index (χ1) is 6.63. The third kappa shape index (κ3) is 3.58. The van der Waals surface area contributed by atoms with Crippen molar-refractivity contribution in [3.8, 4) is 0 Å². The molecule has 0 aliphatic carbocycles. The fourth-order valence-corrected chi connectivity index (χ4v) is 1.65. The molecular weight excluding hydrogens is 266 g/mol. The lowest BCUT2D eigenvalue weighted by Crippen LogP contribution is -1.98. The van der Waals surface area contributed by atoms with Crippen molar-refractivity contribution in [2.24, 2.45) is 0 Å². The van der Waals surface area contributed by atoms with E-state index in [4.69, 9.17) is 11.6 Å². The molecule has 0 spiro atoms. The average molecular weight is 280 g/mol. The maximum atomic E-state index is 12.8. The van der Waals surface area contributed by atoms with Crippen LogP contribution in [-0.4, -0.2) is 4.83 Å². The predicted molar refractivity (Wildman–Crippen MR) is 62.7 cm³/mol. The number of alkyl halides is 1. The van der Waals surface area contributed by atoms with Gasteiger partial charge in [0.2, 0.25) is 0 Å². The minimum absolute atomic E-state index is 0.213. The Hall–Kier alpha value is -0.0800. The minimum Gasteiger partial charge on any atom is -0.205 e. The van der Waals surface area contributed by atoms with E-state index in [1.165, 1.54) is 6.07 Å². The summed E-state index contributed by atoms with van der Waals surface area (Å²) >= 11 is 9.24. The maximum Gasteiger partial charge on any atom is 0.141 e. The molecule has 0 saturated carbocycles. The van der Waals surface area contributed by atoms with Gasteiger partial charge in [-0.05, 0) is 37.0 Å². The molecule has 0 amide bonds. The first-order valence-corrected chi connectivity index (χ1v) is 6.01. The van der Waals surface area contributed by atoms with Crippen molar-refractivity contribution in [1.82, 2.24) is 0 Å². The second-order valence-electron chi connectivity index (χ2n) is 3.29. The van der Waals surface area contributed by atoms with Crippen LogP contribution in [0, 0.1) is 5.82 Å². The molecule has 78 valence electrons. The number of hydrogen-bond acceptors (Lipinski definition) is 0. The fourth-order valence-electron chi connectivity index (χ4n) is 1.22. The van der Waals surface area contributed by atoms with Crippen molar-refractivity contribution in [3.63, 3.8) is 0 Å². The van der Waals surface area contributed by atoms with E-state index in [-0.39, 0.29) is 10.8 Å². The van der Waals surface area contributed by atoms with E-state index >= 15 is 0 Å². The lowest BCUT2D eigenvalue weighted by Gasteiger charge is -2.06. The van der Waals surface area contributed by atoms with Crippen LogP contribution in [0.3, 0.4) is 0 Å². The average Bonchev–Trinajstić information content (AvgIpc) is 2.19. The number of benzene rings is 1. The first-order valence-electron chi connectivity index (χ1n) is 4.71. The molecule has 0 aromatic heterocycles. The maximum absolute atomic E-state index is 12.8. The quantitative estimate of drug-likeness (QED) is 0.707. The molecule has 0 saturated heterocycles. The van der Waals surface area contributed by atoms with Gasteiger partial charge < -0.3 is 0 Å². The van der Waals surface area contributed by atoms with Crippen LogP contribution >= 0.6 is 27.5 Å². The molecule has 0 heterocycles. The van der Waals surface area contributed by atoms with Crippen LogP contribution in [0.5, 0.6) is 0 Å². The molecule has 0 radical (unpaired) electrons. The molecule has 0 aliphatic rings. The summed E-state index contributed by atoms with van der Waals surface area (Å²) in [4.78, 5) is 0.534. The van der Waals surface area contributed by atoms with Gasteiger partial charge in [-0.3, -0.25) is 0 Å². The second kappa shape index (κ2) is 5.72. The second-order valence-corrected chi connectivity index (χ2v) is 4.99. The molecule has 14 heavy (non-hydrogen) atoms. The Kier molecular flexibility index (Phi) is 4.90. The van der Waals surface area contributed by atoms with Crippen molar-refractivity contribution >= 4 is 27.5 Å². The van der Waals surface area contributed by atoms with E-state index in [2.05, 4.69) is 22.9 Å². The van der Waals surface area contributed by atoms with Gasteiger partial charge in [-0.15, -0.1) is 0 Å². The third-order valence-corrected chi connectivity index (χ3v) is 3.57. The van der Waals surface area contributed by atoms with E-state index in [1.54, 1.807) is 12.1 Å². The lowest BCUT2D eigenvalue weighted by atomic mass is 10.1. The fraction of sp³-hybridized carbons (Fsp3) is 0.455. The Labute approximate surface area is 97.6 Å². The first kappa shape index (κ1) is 12.0. The Bertz CT molecular complexity index is 301. The zero-order valence-electron chi connectivity index (χ0n) is 8.06. The Morgan fingerprint density at radius 2 is 2.21 bits per heavy atom. The van der Waals surface area contributed by atoms with Crippen LogP contribution < -0.4 is 0 Å². The van der Waals surface area contributed by atoms with Crippen LogP contribution in [0.15, 0.2) is 18.2 Å². The Morgan fingerprint density at radius 1 is 1.50 bits per heavy atom. The van der Waals surface area contributed by atoms with Crippen molar-refractivity contribution < 1.29 is 4.39 Å². The molecule has 1 unspecified atom stereocenters. The molecular formula is C11H13BrClF. The van der Waals surface area contributed by atoms with Gasteiger partial charge in [-0.1, -0.05) is 40.5 Å². The Morgan fingerprint density at radius 3 is 2.79 bits per heavy atom. The van der Waals surface area contributed by atoms with Gasteiger partial charge in [0.25, 0.3) is 0 Å². The summed E-state index contributed by atoms with van der Waals surface area (Å²) in [7, 11) is 0. The number of aryl methyl sites for hydroxylation is 1. The summed E-state index contributed by atoms with van der Waals surface area (Å²) in [5.74, 6) is -0.346. The Balaban J connectivity index is 2.55. The summed E-state index contributed by atoms with van der Waals surface area (Å²) < 4.78 is 12.8. The smallest absolute Gasteiger partial charge is 0.141 e. The molecule has 1 aromatic rings. The van der Waals surface area contributed by atoms with Gasteiger partial charge in [0.1, 0.15) is 5.82 Å². The molecule has 0 fully saturated rings. The zero-order chi connectivity index (χ0) is 10.6. The number of hydrogen-bond donors (Lipinski definition) is 0. The van der Waals surface area contributed by atoms with Crippen LogP contribution in [0.25, 0.3) is 0 Å². The van der Waals surface area contributed by atoms with Crippen LogP contribution in [0.2, 0.25) is 5.02 Å². The minimum atomic E-state index is -0.346.